The van der Waals surface area contributed by atoms with Crippen LogP contribution < -0.4 is 0 Å². The predicted octanol–water partition coefficient (Wildman–Crippen LogP) is 4.99. The lowest BCUT2D eigenvalue weighted by atomic mass is 9.87. The maximum Gasteiger partial charge on any atom is 0.363 e. The van der Waals surface area contributed by atoms with Gasteiger partial charge in [0.15, 0.2) is 0 Å². The van der Waals surface area contributed by atoms with E-state index in [0.717, 1.165) is 37.2 Å². The number of hydrogen-bond donors (Lipinski definition) is 0. The standard InChI is InChI=1S/C19H25O3/c1-3-20-12-16-9-5-7-14-11-15-8-6-10-17(13-21-4-2)19(15)22-18(14)16/h11-13H,3-10H2,1-2H3/q+1/b16-12-,17-13+. The molecule has 3 heteroatoms. The van der Waals surface area contributed by atoms with Gasteiger partial charge in [-0.2, -0.15) is 0 Å². The van der Waals surface area contributed by atoms with Gasteiger partial charge in [-0.3, -0.25) is 0 Å². The first-order valence-corrected chi connectivity index (χ1v) is 8.44. The molecule has 2 aliphatic carbocycles. The molecule has 3 nitrogen and oxygen atoms in total. The minimum atomic E-state index is 0.694. The van der Waals surface area contributed by atoms with E-state index in [9.17, 15) is 0 Å². The fraction of sp³-hybridized carbons (Fsp3) is 0.526. The van der Waals surface area contributed by atoms with Crippen molar-refractivity contribution < 1.29 is 13.9 Å². The fourth-order valence-corrected chi connectivity index (χ4v) is 3.25. The Morgan fingerprint density at radius 3 is 1.82 bits per heavy atom. The number of aryl methyl sites for hydroxylation is 2. The molecule has 0 saturated heterocycles. The number of hydrogen-bond acceptors (Lipinski definition) is 2. The van der Waals surface area contributed by atoms with Gasteiger partial charge in [0.25, 0.3) is 0 Å². The van der Waals surface area contributed by atoms with Gasteiger partial charge in [0, 0.05) is 0 Å². The molecule has 3 rings (SSSR count). The van der Waals surface area contributed by atoms with Crippen LogP contribution in [0.2, 0.25) is 0 Å². The minimum absolute atomic E-state index is 0.694. The van der Waals surface area contributed by atoms with Crippen LogP contribution in [-0.2, 0) is 22.3 Å². The molecule has 0 unspecified atom stereocenters. The van der Waals surface area contributed by atoms with Crippen LogP contribution in [0, 0.1) is 0 Å². The van der Waals surface area contributed by atoms with Crippen molar-refractivity contribution in [2.75, 3.05) is 13.2 Å². The Labute approximate surface area is 132 Å². The molecule has 0 bridgehead atoms. The highest BCUT2D eigenvalue weighted by atomic mass is 16.5. The monoisotopic (exact) mass is 301 g/mol. The van der Waals surface area contributed by atoms with Crippen LogP contribution in [0.3, 0.4) is 0 Å². The van der Waals surface area contributed by atoms with Gasteiger partial charge in [-0.25, -0.2) is 4.42 Å². The van der Waals surface area contributed by atoms with E-state index in [1.165, 1.54) is 35.1 Å². The zero-order chi connectivity index (χ0) is 15.4. The second kappa shape index (κ2) is 6.99. The van der Waals surface area contributed by atoms with Crippen molar-refractivity contribution in [1.82, 2.24) is 0 Å². The summed E-state index contributed by atoms with van der Waals surface area (Å²) in [5.41, 5.74) is 5.03. The summed E-state index contributed by atoms with van der Waals surface area (Å²) >= 11 is 0. The highest BCUT2D eigenvalue weighted by molar-refractivity contribution is 5.70. The molecule has 0 aromatic carbocycles. The lowest BCUT2D eigenvalue weighted by Crippen LogP contribution is -2.09. The maximum absolute atomic E-state index is 6.35. The average Bonchev–Trinajstić information content (AvgIpc) is 2.56. The summed E-state index contributed by atoms with van der Waals surface area (Å²) in [4.78, 5) is 0. The van der Waals surface area contributed by atoms with Crippen LogP contribution in [0.5, 0.6) is 0 Å². The van der Waals surface area contributed by atoms with Gasteiger partial charge in [0.1, 0.15) is 0 Å². The van der Waals surface area contributed by atoms with Crippen molar-refractivity contribution in [3.63, 3.8) is 0 Å². The van der Waals surface area contributed by atoms with E-state index in [4.69, 9.17) is 13.9 Å². The van der Waals surface area contributed by atoms with Crippen LogP contribution in [0.4, 0.5) is 0 Å². The fourth-order valence-electron chi connectivity index (χ4n) is 3.25. The third-order valence-electron chi connectivity index (χ3n) is 4.29. The molecule has 0 spiro atoms. The molecule has 22 heavy (non-hydrogen) atoms. The molecule has 0 atom stereocenters. The van der Waals surface area contributed by atoms with Crippen LogP contribution in [0.1, 0.15) is 62.2 Å². The van der Waals surface area contributed by atoms with E-state index < -0.39 is 0 Å². The number of ether oxygens (including phenoxy) is 2. The van der Waals surface area contributed by atoms with Gasteiger partial charge >= 0.3 is 11.5 Å². The Bertz CT molecular complexity index is 550. The zero-order valence-corrected chi connectivity index (χ0v) is 13.6. The van der Waals surface area contributed by atoms with E-state index in [2.05, 4.69) is 6.07 Å². The molecular formula is C19H25O3+. The summed E-state index contributed by atoms with van der Waals surface area (Å²) in [5, 5.41) is 0. The Hall–Kier alpha value is -1.77. The minimum Gasteiger partial charge on any atom is -0.501 e. The Morgan fingerprint density at radius 1 is 0.864 bits per heavy atom. The van der Waals surface area contributed by atoms with Crippen molar-refractivity contribution in [3.8, 4) is 0 Å². The first-order chi connectivity index (χ1) is 10.8. The molecular weight excluding hydrogens is 276 g/mol. The summed E-state index contributed by atoms with van der Waals surface area (Å²) in [7, 11) is 0. The highest BCUT2D eigenvalue weighted by Gasteiger charge is 2.33. The maximum atomic E-state index is 6.35. The van der Waals surface area contributed by atoms with Crippen molar-refractivity contribution in [2.45, 2.75) is 52.4 Å². The third-order valence-corrected chi connectivity index (χ3v) is 4.29. The number of fused-ring (bicyclic) bond motifs is 2. The molecule has 1 aromatic heterocycles. The van der Waals surface area contributed by atoms with E-state index in [1.807, 2.05) is 26.4 Å². The summed E-state index contributed by atoms with van der Waals surface area (Å²) in [6.07, 6.45) is 10.3. The molecule has 1 aromatic rings. The average molecular weight is 301 g/mol. The molecule has 118 valence electrons. The summed E-state index contributed by atoms with van der Waals surface area (Å²) in [6.45, 7) is 5.40. The highest BCUT2D eigenvalue weighted by Crippen LogP contribution is 2.38. The topological polar surface area (TPSA) is 29.8 Å². The zero-order valence-electron chi connectivity index (χ0n) is 13.6. The number of rotatable bonds is 4. The summed E-state index contributed by atoms with van der Waals surface area (Å²) < 4.78 is 17.4. The van der Waals surface area contributed by atoms with Crippen LogP contribution in [0.15, 0.2) is 23.0 Å². The smallest absolute Gasteiger partial charge is 0.363 e. The molecule has 0 fully saturated rings. The predicted molar refractivity (Wildman–Crippen MR) is 88.2 cm³/mol. The summed E-state index contributed by atoms with van der Waals surface area (Å²) in [5.74, 6) is 2.03. The largest absolute Gasteiger partial charge is 0.501 e. The molecule has 0 saturated carbocycles. The second-order valence-electron chi connectivity index (χ2n) is 5.86. The van der Waals surface area contributed by atoms with Crippen molar-refractivity contribution in [3.05, 3.63) is 41.2 Å². The van der Waals surface area contributed by atoms with Gasteiger partial charge in [-0.1, -0.05) is 0 Å². The van der Waals surface area contributed by atoms with E-state index >= 15 is 0 Å². The second-order valence-corrected chi connectivity index (χ2v) is 5.86. The lowest BCUT2D eigenvalue weighted by molar-refractivity contribution is 0.268. The first kappa shape index (κ1) is 15.1. The third kappa shape index (κ3) is 3.03. The Kier molecular flexibility index (Phi) is 4.81. The Balaban J connectivity index is 2.02. The van der Waals surface area contributed by atoms with Gasteiger partial charge < -0.3 is 9.47 Å². The van der Waals surface area contributed by atoms with Crippen molar-refractivity contribution in [1.29, 1.82) is 0 Å². The van der Waals surface area contributed by atoms with E-state index in [1.54, 1.807) is 0 Å². The molecule has 0 amide bonds. The van der Waals surface area contributed by atoms with Gasteiger partial charge in [-0.05, 0) is 58.4 Å². The van der Waals surface area contributed by atoms with Crippen molar-refractivity contribution >= 4 is 11.1 Å². The van der Waals surface area contributed by atoms with E-state index in [0.29, 0.717) is 13.2 Å². The van der Waals surface area contributed by atoms with Gasteiger partial charge in [0.2, 0.25) is 0 Å². The molecule has 0 aliphatic heterocycles. The normalized spacial score (nSPS) is 20.6. The molecule has 0 radical (unpaired) electrons. The molecule has 0 N–H and O–H groups in total. The van der Waals surface area contributed by atoms with Gasteiger partial charge in [-0.15, -0.1) is 0 Å². The first-order valence-electron chi connectivity index (χ1n) is 8.44. The van der Waals surface area contributed by atoms with E-state index in [-0.39, 0.29) is 0 Å². The summed E-state index contributed by atoms with van der Waals surface area (Å²) in [6, 6.07) is 2.34. The molecule has 1 heterocycles. The quantitative estimate of drug-likeness (QED) is 0.580. The SMILES string of the molecule is CCO/C=C1/CCCc2cc3c([o+]c21)/C(=C/OCC)CCC3. The lowest BCUT2D eigenvalue weighted by Gasteiger charge is -2.16. The number of allylic oxidation sites excluding steroid dienone is 2. The molecule has 2 aliphatic rings. The Morgan fingerprint density at radius 2 is 1.36 bits per heavy atom. The van der Waals surface area contributed by atoms with Crippen LogP contribution in [0.25, 0.3) is 11.1 Å². The van der Waals surface area contributed by atoms with Gasteiger partial charge in [0.05, 0.1) is 48.0 Å². The van der Waals surface area contributed by atoms with Crippen molar-refractivity contribution in [2.24, 2.45) is 0 Å². The van der Waals surface area contributed by atoms with Crippen LogP contribution >= 0.6 is 0 Å². The van der Waals surface area contributed by atoms with Crippen LogP contribution in [-0.4, -0.2) is 13.2 Å².